The molecule has 0 saturated carbocycles. The lowest BCUT2D eigenvalue weighted by molar-refractivity contribution is 0.221. The largest absolute Gasteiger partial charge is 0.584 e. The topological polar surface area (TPSA) is 55.8 Å². The quantitative estimate of drug-likeness (QED) is 0.422. The van der Waals surface area contributed by atoms with Crippen molar-refractivity contribution in [3.63, 3.8) is 0 Å². The van der Waals surface area contributed by atoms with Crippen LogP contribution in [0.15, 0.2) is 61.6 Å². The molecular formula is C11H15O4P. The number of allylic oxidation sites excluding steroid dienone is 6. The van der Waals surface area contributed by atoms with Crippen LogP contribution in [0.5, 0.6) is 0 Å². The van der Waals surface area contributed by atoms with E-state index < -0.39 is 7.82 Å². The van der Waals surface area contributed by atoms with Gasteiger partial charge in [-0.25, -0.2) is 4.57 Å². The summed E-state index contributed by atoms with van der Waals surface area (Å²) < 4.78 is 20.9. The van der Waals surface area contributed by atoms with Crippen LogP contribution in [-0.2, 0) is 13.6 Å². The minimum Gasteiger partial charge on any atom is -0.400 e. The van der Waals surface area contributed by atoms with Gasteiger partial charge in [-0.15, -0.1) is 0 Å². The van der Waals surface area contributed by atoms with Gasteiger partial charge in [0.25, 0.3) is 0 Å². The molecule has 0 bridgehead atoms. The number of hydrogen-bond acceptors (Lipinski definition) is 3. The molecule has 0 heterocycles. The van der Waals surface area contributed by atoms with Crippen molar-refractivity contribution in [2.45, 2.75) is 6.92 Å². The molecule has 0 aliphatic heterocycles. The zero-order valence-electron chi connectivity index (χ0n) is 9.13. The lowest BCUT2D eigenvalue weighted by Crippen LogP contribution is -1.92. The molecule has 0 aliphatic carbocycles. The van der Waals surface area contributed by atoms with E-state index in [2.05, 4.69) is 19.7 Å². The van der Waals surface area contributed by atoms with Gasteiger partial charge in [-0.3, -0.25) is 4.89 Å². The molecule has 0 amide bonds. The Morgan fingerprint density at radius 3 is 2.19 bits per heavy atom. The van der Waals surface area contributed by atoms with E-state index in [1.165, 1.54) is 37.3 Å². The van der Waals surface area contributed by atoms with Gasteiger partial charge in [0.05, 0.1) is 0 Å². The second-order valence-corrected chi connectivity index (χ2v) is 3.98. The summed E-state index contributed by atoms with van der Waals surface area (Å²) in [6.45, 7) is 11.8. The molecule has 1 unspecified atom stereocenters. The van der Waals surface area contributed by atoms with Crippen molar-refractivity contribution in [1.29, 1.82) is 0 Å². The molecule has 0 fully saturated rings. The Balaban J connectivity index is 4.68. The van der Waals surface area contributed by atoms with E-state index in [4.69, 9.17) is 9.05 Å². The normalized spacial score (nSPS) is 15.9. The van der Waals surface area contributed by atoms with E-state index in [0.717, 1.165) is 0 Å². The Hall–Kier alpha value is -1.51. The smallest absolute Gasteiger partial charge is 0.400 e. The van der Waals surface area contributed by atoms with E-state index >= 15 is 0 Å². The van der Waals surface area contributed by atoms with Gasteiger partial charge in [-0.05, 0) is 25.2 Å². The van der Waals surface area contributed by atoms with Crippen molar-refractivity contribution in [1.82, 2.24) is 0 Å². The van der Waals surface area contributed by atoms with E-state index in [1.807, 2.05) is 0 Å². The molecule has 0 aromatic rings. The Morgan fingerprint density at radius 2 is 1.75 bits per heavy atom. The highest BCUT2D eigenvalue weighted by Crippen LogP contribution is 2.47. The molecule has 0 radical (unpaired) electrons. The molecule has 0 saturated heterocycles. The van der Waals surface area contributed by atoms with E-state index in [1.54, 1.807) is 0 Å². The number of hydrogen-bond donors (Lipinski definition) is 1. The van der Waals surface area contributed by atoms with Crippen LogP contribution in [0.25, 0.3) is 0 Å². The molecule has 16 heavy (non-hydrogen) atoms. The van der Waals surface area contributed by atoms with Gasteiger partial charge >= 0.3 is 7.82 Å². The van der Waals surface area contributed by atoms with E-state index in [0.29, 0.717) is 0 Å². The number of phosphoric acid groups is 1. The summed E-state index contributed by atoms with van der Waals surface area (Å²) in [5.74, 6) is 0.329. The van der Waals surface area contributed by atoms with Crippen molar-refractivity contribution in [2.24, 2.45) is 0 Å². The predicted octanol–water partition coefficient (Wildman–Crippen LogP) is 3.47. The fourth-order valence-electron chi connectivity index (χ4n) is 0.782. The van der Waals surface area contributed by atoms with Gasteiger partial charge in [-0.2, -0.15) is 0 Å². The molecule has 0 aromatic carbocycles. The zero-order valence-corrected chi connectivity index (χ0v) is 10.0. The zero-order chi connectivity index (χ0) is 12.6. The van der Waals surface area contributed by atoms with Gasteiger partial charge in [0, 0.05) is 0 Å². The lowest BCUT2D eigenvalue weighted by atomic mass is 10.4. The maximum atomic E-state index is 11.5. The third kappa shape index (κ3) is 6.06. The van der Waals surface area contributed by atoms with E-state index in [9.17, 15) is 9.46 Å². The molecular weight excluding hydrogens is 227 g/mol. The first kappa shape index (κ1) is 14.5. The fourth-order valence-corrected chi connectivity index (χ4v) is 1.65. The van der Waals surface area contributed by atoms with Crippen LogP contribution in [0.4, 0.5) is 0 Å². The van der Waals surface area contributed by atoms with Crippen LogP contribution >= 0.6 is 7.82 Å². The minimum atomic E-state index is -4.18. The van der Waals surface area contributed by atoms with E-state index in [-0.39, 0.29) is 11.5 Å². The average Bonchev–Trinajstić information content (AvgIpc) is 2.16. The van der Waals surface area contributed by atoms with Crippen LogP contribution in [0.3, 0.4) is 0 Å². The van der Waals surface area contributed by atoms with Crippen LogP contribution in [-0.4, -0.2) is 4.89 Å². The lowest BCUT2D eigenvalue weighted by Gasteiger charge is -2.13. The summed E-state index contributed by atoms with van der Waals surface area (Å²) in [4.78, 5) is 9.35. The van der Waals surface area contributed by atoms with Crippen molar-refractivity contribution < 1.29 is 18.5 Å². The summed E-state index contributed by atoms with van der Waals surface area (Å²) >= 11 is 0. The highest BCUT2D eigenvalue weighted by Gasteiger charge is 2.24. The number of rotatable bonds is 7. The average molecular weight is 242 g/mol. The molecule has 0 spiro atoms. The van der Waals surface area contributed by atoms with Crippen molar-refractivity contribution >= 4 is 7.82 Å². The maximum Gasteiger partial charge on any atom is 0.584 e. The molecule has 0 rings (SSSR count). The second-order valence-electron chi connectivity index (χ2n) is 2.67. The summed E-state index contributed by atoms with van der Waals surface area (Å²) in [5, 5.41) is 0. The van der Waals surface area contributed by atoms with Crippen LogP contribution in [0.1, 0.15) is 6.92 Å². The molecule has 0 aliphatic rings. The van der Waals surface area contributed by atoms with Gasteiger partial charge < -0.3 is 9.05 Å². The summed E-state index contributed by atoms with van der Waals surface area (Å²) in [7, 11) is -4.18. The first-order chi connectivity index (χ1) is 7.45. The van der Waals surface area contributed by atoms with Crippen LogP contribution in [0.2, 0.25) is 0 Å². The Labute approximate surface area is 95.5 Å². The van der Waals surface area contributed by atoms with Crippen LogP contribution < -0.4 is 0 Å². The third-order valence-electron chi connectivity index (χ3n) is 1.32. The minimum absolute atomic E-state index is 0.104. The molecule has 0 aromatic heterocycles. The SMILES string of the molecule is C=C/C=C(\C)OP(=O)(O)O/C(C=C)=C/C=C. The van der Waals surface area contributed by atoms with Gasteiger partial charge in [-0.1, -0.05) is 31.9 Å². The fraction of sp³-hybridized carbons (Fsp3) is 0.0909. The van der Waals surface area contributed by atoms with Crippen molar-refractivity contribution in [3.8, 4) is 0 Å². The highest BCUT2D eigenvalue weighted by molar-refractivity contribution is 7.47. The second kappa shape index (κ2) is 6.88. The van der Waals surface area contributed by atoms with Crippen molar-refractivity contribution in [2.75, 3.05) is 0 Å². The Bertz CT molecular complexity index is 379. The van der Waals surface area contributed by atoms with Gasteiger partial charge in [0.1, 0.15) is 11.5 Å². The van der Waals surface area contributed by atoms with Crippen LogP contribution in [0, 0.1) is 0 Å². The standard InChI is InChI=1S/C11H15O4P/c1-5-8-10(4)14-16(12,13)15-11(7-3)9-6-2/h5-9H,1-3H2,4H3,(H,12,13)/b10-8+,11-9+. The molecule has 5 heteroatoms. The Morgan fingerprint density at radius 1 is 1.19 bits per heavy atom. The summed E-state index contributed by atoms with van der Waals surface area (Å²) in [6, 6.07) is 0. The first-order valence-electron chi connectivity index (χ1n) is 4.41. The van der Waals surface area contributed by atoms with Gasteiger partial charge in [0.2, 0.25) is 0 Å². The molecule has 4 nitrogen and oxygen atoms in total. The monoisotopic (exact) mass is 242 g/mol. The van der Waals surface area contributed by atoms with Crippen molar-refractivity contribution in [3.05, 3.63) is 61.6 Å². The predicted molar refractivity (Wildman–Crippen MR) is 64.4 cm³/mol. The summed E-state index contributed by atoms with van der Waals surface area (Å²) in [6.07, 6.45) is 6.95. The molecule has 1 N–H and O–H groups in total. The van der Waals surface area contributed by atoms with Gasteiger partial charge in [0.15, 0.2) is 0 Å². The molecule has 88 valence electrons. The highest BCUT2D eigenvalue weighted by atomic mass is 31.2. The third-order valence-corrected chi connectivity index (χ3v) is 2.28. The first-order valence-corrected chi connectivity index (χ1v) is 5.91. The summed E-state index contributed by atoms with van der Waals surface area (Å²) in [5.41, 5.74) is 0. The maximum absolute atomic E-state index is 11.5. The Kier molecular flexibility index (Phi) is 6.23. The molecule has 1 atom stereocenters. The number of phosphoric ester groups is 1.